The Labute approximate surface area is 110 Å². The standard InChI is InChI=1S/C12H16FN5O/c1-8-2-10(15-3-9(8)13)17-4-12(5-17)6-18(7-12)11(19)16-14/h2-3H,4-7,14H2,1H3,(H,16,19). The fourth-order valence-electron chi connectivity index (χ4n) is 2.82. The van der Waals surface area contributed by atoms with Gasteiger partial charge in [-0.1, -0.05) is 0 Å². The summed E-state index contributed by atoms with van der Waals surface area (Å²) in [6, 6.07) is 1.52. The van der Waals surface area contributed by atoms with E-state index in [1.807, 2.05) is 0 Å². The molecule has 2 aliphatic rings. The molecule has 2 aliphatic heterocycles. The predicted octanol–water partition coefficient (Wildman–Crippen LogP) is 0.234. The van der Waals surface area contributed by atoms with Gasteiger partial charge in [-0.25, -0.2) is 20.0 Å². The molecule has 0 atom stereocenters. The van der Waals surface area contributed by atoms with Crippen LogP contribution < -0.4 is 16.2 Å². The molecule has 2 saturated heterocycles. The van der Waals surface area contributed by atoms with Crippen molar-refractivity contribution in [3.63, 3.8) is 0 Å². The number of anilines is 1. The largest absolute Gasteiger partial charge is 0.355 e. The summed E-state index contributed by atoms with van der Waals surface area (Å²) in [6.45, 7) is 4.85. The first-order valence-corrected chi connectivity index (χ1v) is 6.16. The Morgan fingerprint density at radius 2 is 2.16 bits per heavy atom. The van der Waals surface area contributed by atoms with Gasteiger partial charge in [-0.15, -0.1) is 0 Å². The van der Waals surface area contributed by atoms with Gasteiger partial charge < -0.3 is 9.80 Å². The number of hydrogen-bond donors (Lipinski definition) is 2. The van der Waals surface area contributed by atoms with Gasteiger partial charge in [-0.3, -0.25) is 5.43 Å². The number of aryl methyl sites for hydroxylation is 1. The van der Waals surface area contributed by atoms with Crippen molar-refractivity contribution in [1.82, 2.24) is 15.3 Å². The Morgan fingerprint density at radius 1 is 1.47 bits per heavy atom. The number of nitrogens with zero attached hydrogens (tertiary/aromatic N) is 3. The quantitative estimate of drug-likeness (QED) is 0.433. The summed E-state index contributed by atoms with van der Waals surface area (Å²) in [5.41, 5.74) is 2.89. The lowest BCUT2D eigenvalue weighted by atomic mass is 9.73. The van der Waals surface area contributed by atoms with Crippen molar-refractivity contribution < 1.29 is 9.18 Å². The maximum absolute atomic E-state index is 13.1. The summed E-state index contributed by atoms with van der Waals surface area (Å²) >= 11 is 0. The van der Waals surface area contributed by atoms with Crippen molar-refractivity contribution in [2.24, 2.45) is 11.3 Å². The van der Waals surface area contributed by atoms with Crippen molar-refractivity contribution in [1.29, 1.82) is 0 Å². The Morgan fingerprint density at radius 3 is 2.74 bits per heavy atom. The maximum atomic E-state index is 13.1. The van der Waals surface area contributed by atoms with Crippen LogP contribution in [-0.4, -0.2) is 42.1 Å². The van der Waals surface area contributed by atoms with E-state index in [1.54, 1.807) is 17.9 Å². The third kappa shape index (κ3) is 1.90. The van der Waals surface area contributed by atoms with Crippen molar-refractivity contribution in [3.8, 4) is 0 Å². The highest BCUT2D eigenvalue weighted by atomic mass is 19.1. The molecule has 3 N–H and O–H groups in total. The van der Waals surface area contributed by atoms with Gasteiger partial charge in [0.05, 0.1) is 6.20 Å². The molecular weight excluding hydrogens is 249 g/mol. The molecule has 0 saturated carbocycles. The second-order valence-electron chi connectivity index (χ2n) is 5.45. The number of nitrogens with one attached hydrogen (secondary N) is 1. The van der Waals surface area contributed by atoms with E-state index in [0.717, 1.165) is 18.9 Å². The van der Waals surface area contributed by atoms with E-state index in [-0.39, 0.29) is 17.3 Å². The summed E-state index contributed by atoms with van der Waals surface area (Å²) in [6.07, 6.45) is 1.25. The van der Waals surface area contributed by atoms with Gasteiger partial charge in [-0.2, -0.15) is 0 Å². The van der Waals surface area contributed by atoms with Crippen molar-refractivity contribution in [2.45, 2.75) is 6.92 Å². The molecule has 2 amide bonds. The molecule has 0 aromatic carbocycles. The first-order valence-electron chi connectivity index (χ1n) is 6.16. The lowest BCUT2D eigenvalue weighted by molar-refractivity contribution is 0.00741. The smallest absolute Gasteiger partial charge is 0.331 e. The maximum Gasteiger partial charge on any atom is 0.331 e. The van der Waals surface area contributed by atoms with Crippen LogP contribution in [0, 0.1) is 18.2 Å². The number of halogens is 1. The number of urea groups is 1. The number of nitrogens with two attached hydrogens (primary N) is 1. The van der Waals surface area contributed by atoms with Crippen molar-refractivity contribution in [3.05, 3.63) is 23.6 Å². The monoisotopic (exact) mass is 265 g/mol. The number of hydrogen-bond acceptors (Lipinski definition) is 4. The molecule has 3 rings (SSSR count). The molecular formula is C12H16FN5O. The third-order valence-corrected chi connectivity index (χ3v) is 3.87. The molecule has 7 heteroatoms. The number of likely N-dealkylation sites (tertiary alicyclic amines) is 1. The van der Waals surface area contributed by atoms with E-state index in [1.165, 1.54) is 6.20 Å². The lowest BCUT2D eigenvalue weighted by Gasteiger charge is -2.60. The first kappa shape index (κ1) is 12.2. The Balaban J connectivity index is 1.59. The van der Waals surface area contributed by atoms with Crippen molar-refractivity contribution in [2.75, 3.05) is 31.1 Å². The SMILES string of the molecule is Cc1cc(N2CC3(CN(C(=O)NN)C3)C2)ncc1F. The number of amides is 2. The van der Waals surface area contributed by atoms with E-state index >= 15 is 0 Å². The molecule has 3 heterocycles. The number of hydrazine groups is 1. The van der Waals surface area contributed by atoms with E-state index in [9.17, 15) is 9.18 Å². The highest BCUT2D eigenvalue weighted by molar-refractivity contribution is 5.75. The number of carbonyl (C=O) groups is 1. The molecule has 0 bridgehead atoms. The average molecular weight is 265 g/mol. The second kappa shape index (κ2) is 4.06. The summed E-state index contributed by atoms with van der Waals surface area (Å²) < 4.78 is 13.1. The van der Waals surface area contributed by atoms with Crippen LogP contribution in [0.25, 0.3) is 0 Å². The second-order valence-corrected chi connectivity index (χ2v) is 5.45. The Bertz CT molecular complexity index is 521. The van der Waals surface area contributed by atoms with E-state index in [0.29, 0.717) is 18.7 Å². The van der Waals surface area contributed by atoms with E-state index in [2.05, 4.69) is 15.3 Å². The molecule has 2 fully saturated rings. The molecule has 0 unspecified atom stereocenters. The minimum absolute atomic E-state index is 0.163. The van der Waals surface area contributed by atoms with Gasteiger partial charge >= 0.3 is 6.03 Å². The van der Waals surface area contributed by atoms with Gasteiger partial charge in [-0.05, 0) is 18.6 Å². The molecule has 19 heavy (non-hydrogen) atoms. The van der Waals surface area contributed by atoms with Crippen LogP contribution in [0.2, 0.25) is 0 Å². The zero-order valence-electron chi connectivity index (χ0n) is 10.7. The summed E-state index contributed by atoms with van der Waals surface area (Å²) in [5, 5.41) is 0. The summed E-state index contributed by atoms with van der Waals surface area (Å²) in [4.78, 5) is 19.2. The van der Waals surface area contributed by atoms with Gasteiger partial charge in [0.25, 0.3) is 0 Å². The molecule has 1 aromatic rings. The van der Waals surface area contributed by atoms with Gasteiger partial charge in [0.2, 0.25) is 0 Å². The van der Waals surface area contributed by atoms with Crippen LogP contribution in [0.5, 0.6) is 0 Å². The van der Waals surface area contributed by atoms with Crippen LogP contribution in [-0.2, 0) is 0 Å². The minimum atomic E-state index is -0.284. The molecule has 0 aliphatic carbocycles. The highest BCUT2D eigenvalue weighted by Gasteiger charge is 2.53. The molecule has 1 aromatic heterocycles. The van der Waals surface area contributed by atoms with Crippen LogP contribution in [0.3, 0.4) is 0 Å². The fraction of sp³-hybridized carbons (Fsp3) is 0.500. The van der Waals surface area contributed by atoms with Crippen LogP contribution >= 0.6 is 0 Å². The number of rotatable bonds is 1. The van der Waals surface area contributed by atoms with Crippen LogP contribution in [0.4, 0.5) is 15.0 Å². The first-order chi connectivity index (χ1) is 9.03. The van der Waals surface area contributed by atoms with Gasteiger partial charge in [0, 0.05) is 31.6 Å². The molecule has 0 radical (unpaired) electrons. The molecule has 102 valence electrons. The van der Waals surface area contributed by atoms with Gasteiger partial charge in [0.1, 0.15) is 11.6 Å². The average Bonchev–Trinajstić information content (AvgIpc) is 2.29. The van der Waals surface area contributed by atoms with Crippen LogP contribution in [0.1, 0.15) is 5.56 Å². The molecule has 6 nitrogen and oxygen atoms in total. The predicted molar refractivity (Wildman–Crippen MR) is 67.9 cm³/mol. The fourth-order valence-corrected chi connectivity index (χ4v) is 2.82. The normalized spacial score (nSPS) is 19.9. The van der Waals surface area contributed by atoms with Gasteiger partial charge in [0.15, 0.2) is 0 Å². The Kier molecular flexibility index (Phi) is 2.60. The molecule has 1 spiro atoms. The number of carbonyl (C=O) groups excluding carboxylic acids is 1. The van der Waals surface area contributed by atoms with E-state index < -0.39 is 0 Å². The van der Waals surface area contributed by atoms with Crippen molar-refractivity contribution >= 4 is 11.8 Å². The minimum Gasteiger partial charge on any atom is -0.355 e. The number of aromatic nitrogens is 1. The Hall–Kier alpha value is -1.89. The number of pyridine rings is 1. The topological polar surface area (TPSA) is 74.5 Å². The van der Waals surface area contributed by atoms with E-state index in [4.69, 9.17) is 5.84 Å². The zero-order valence-corrected chi connectivity index (χ0v) is 10.7. The zero-order chi connectivity index (χ0) is 13.6. The summed E-state index contributed by atoms with van der Waals surface area (Å²) in [7, 11) is 0. The third-order valence-electron chi connectivity index (χ3n) is 3.87. The highest BCUT2D eigenvalue weighted by Crippen LogP contribution is 2.41. The lowest BCUT2D eigenvalue weighted by Crippen LogP contribution is -2.74. The summed E-state index contributed by atoms with van der Waals surface area (Å²) in [5.74, 6) is 5.60. The van der Waals surface area contributed by atoms with Crippen LogP contribution in [0.15, 0.2) is 12.3 Å².